The Labute approximate surface area is 141 Å². The summed E-state index contributed by atoms with van der Waals surface area (Å²) in [5, 5.41) is 15.0. The second kappa shape index (κ2) is 6.16. The van der Waals surface area contributed by atoms with Gasteiger partial charge < -0.3 is 4.74 Å². The van der Waals surface area contributed by atoms with Crippen LogP contribution in [0.2, 0.25) is 0 Å². The largest absolute Gasteiger partial charge is 0.459 e. The van der Waals surface area contributed by atoms with Crippen LogP contribution < -0.4 is 5.32 Å². The van der Waals surface area contributed by atoms with Gasteiger partial charge in [0, 0.05) is 4.92 Å². The van der Waals surface area contributed by atoms with Gasteiger partial charge in [-0.2, -0.15) is 0 Å². The molecular weight excluding hydrogens is 308 g/mol. The van der Waals surface area contributed by atoms with Gasteiger partial charge in [-0.25, -0.2) is 0 Å². The number of hydrogen-bond donors (Lipinski definition) is 1. The average Bonchev–Trinajstić information content (AvgIpc) is 3.25. The van der Waals surface area contributed by atoms with Crippen LogP contribution in [0.1, 0.15) is 45.2 Å². The number of carbonyl (C=O) groups excluding carboxylic acids is 1. The third-order valence-corrected chi connectivity index (χ3v) is 4.71. The summed E-state index contributed by atoms with van der Waals surface area (Å²) in [5.74, 6) is -0.483. The number of nitrogens with one attached hydrogen (secondary N) is 1. The lowest BCUT2D eigenvalue weighted by Gasteiger charge is -2.24. The third-order valence-electron chi connectivity index (χ3n) is 4.71. The minimum absolute atomic E-state index is 0.221. The van der Waals surface area contributed by atoms with Crippen molar-refractivity contribution in [3.63, 3.8) is 0 Å². The Hall–Kier alpha value is -1.95. The highest BCUT2D eigenvalue weighted by molar-refractivity contribution is 5.77. The Kier molecular flexibility index (Phi) is 4.34. The molecule has 0 bridgehead atoms. The first-order valence-electron chi connectivity index (χ1n) is 8.45. The van der Waals surface area contributed by atoms with E-state index in [4.69, 9.17) is 4.74 Å². The molecule has 1 saturated carbocycles. The van der Waals surface area contributed by atoms with Gasteiger partial charge in [0.1, 0.15) is 17.7 Å². The van der Waals surface area contributed by atoms with Gasteiger partial charge in [0.15, 0.2) is 0 Å². The molecule has 6 heteroatoms. The number of rotatable bonds is 4. The first kappa shape index (κ1) is 16.9. The predicted octanol–water partition coefficient (Wildman–Crippen LogP) is 2.71. The predicted molar refractivity (Wildman–Crippen MR) is 88.9 cm³/mol. The van der Waals surface area contributed by atoms with Crippen molar-refractivity contribution in [3.8, 4) is 0 Å². The van der Waals surface area contributed by atoms with Crippen LogP contribution in [0.25, 0.3) is 0 Å². The van der Waals surface area contributed by atoms with E-state index in [-0.39, 0.29) is 22.7 Å². The number of nitro groups is 1. The second-order valence-corrected chi connectivity index (χ2v) is 7.76. The molecule has 0 amide bonds. The summed E-state index contributed by atoms with van der Waals surface area (Å²) in [6.45, 7) is 5.43. The van der Waals surface area contributed by atoms with E-state index in [0.29, 0.717) is 0 Å². The molecule has 0 aromatic heterocycles. The maximum absolute atomic E-state index is 12.6. The average molecular weight is 332 g/mol. The molecule has 3 rings (SSSR count). The van der Waals surface area contributed by atoms with Gasteiger partial charge in [-0.1, -0.05) is 30.3 Å². The first-order chi connectivity index (χ1) is 11.3. The normalized spacial score (nSPS) is 30.1. The van der Waals surface area contributed by atoms with Crippen molar-refractivity contribution in [1.82, 2.24) is 5.32 Å². The van der Waals surface area contributed by atoms with Gasteiger partial charge in [0.25, 0.3) is 0 Å². The summed E-state index contributed by atoms with van der Waals surface area (Å²) in [4.78, 5) is 24.2. The summed E-state index contributed by atoms with van der Waals surface area (Å²) >= 11 is 0. The zero-order valence-corrected chi connectivity index (χ0v) is 14.3. The van der Waals surface area contributed by atoms with Crippen molar-refractivity contribution in [3.05, 3.63) is 46.0 Å². The fourth-order valence-electron chi connectivity index (χ4n) is 3.66. The van der Waals surface area contributed by atoms with E-state index in [9.17, 15) is 14.9 Å². The van der Waals surface area contributed by atoms with Crippen LogP contribution in [0, 0.1) is 22.0 Å². The monoisotopic (exact) mass is 332 g/mol. The van der Waals surface area contributed by atoms with Gasteiger partial charge in [-0.15, -0.1) is 0 Å². The van der Waals surface area contributed by atoms with Gasteiger partial charge in [0.2, 0.25) is 6.04 Å². The number of hydrogen-bond acceptors (Lipinski definition) is 5. The first-order valence-corrected chi connectivity index (χ1v) is 8.45. The number of esters is 1. The summed E-state index contributed by atoms with van der Waals surface area (Å²) in [6.07, 6.45) is 1.88. The highest BCUT2D eigenvalue weighted by Gasteiger charge is 2.59. The number of benzene rings is 1. The molecule has 130 valence electrons. The molecule has 4 atom stereocenters. The van der Waals surface area contributed by atoms with Crippen LogP contribution in [-0.2, 0) is 9.53 Å². The van der Waals surface area contributed by atoms with Crippen molar-refractivity contribution in [2.45, 2.75) is 57.3 Å². The topological polar surface area (TPSA) is 81.5 Å². The molecular formula is C18H24N2O4. The van der Waals surface area contributed by atoms with E-state index >= 15 is 0 Å². The zero-order valence-electron chi connectivity index (χ0n) is 14.3. The van der Waals surface area contributed by atoms with E-state index in [1.807, 2.05) is 51.1 Å². The third kappa shape index (κ3) is 3.43. The van der Waals surface area contributed by atoms with E-state index in [0.717, 1.165) is 18.4 Å². The van der Waals surface area contributed by atoms with E-state index in [1.165, 1.54) is 0 Å². The Morgan fingerprint density at radius 3 is 2.38 bits per heavy atom. The smallest absolute Gasteiger partial charge is 0.324 e. The Morgan fingerprint density at radius 2 is 1.88 bits per heavy atom. The standard InChI is InChI=1S/C18H24N2O4/c1-18(2,3)24-17(21)15-13(11-9-10-11)16(20(22)23)14(19-15)12-7-5-4-6-8-12/h4-8,11,13-16,19H,9-10H2,1-3H3/t13-,14+,15+,16+/m0/s1. The minimum atomic E-state index is -0.808. The SMILES string of the molecule is CC(C)(C)OC(=O)[C@@H]1N[C@H](c2ccccc2)[C@H]([N+](=O)[O-])[C@H]1C1CC1. The molecule has 24 heavy (non-hydrogen) atoms. The van der Waals surface area contributed by atoms with Crippen molar-refractivity contribution < 1.29 is 14.5 Å². The Balaban J connectivity index is 1.92. The molecule has 1 N–H and O–H groups in total. The highest BCUT2D eigenvalue weighted by atomic mass is 16.6. The molecule has 0 unspecified atom stereocenters. The molecule has 0 spiro atoms. The molecule has 1 aromatic rings. The van der Waals surface area contributed by atoms with Crippen LogP contribution in [0.5, 0.6) is 0 Å². The van der Waals surface area contributed by atoms with E-state index < -0.39 is 23.7 Å². The van der Waals surface area contributed by atoms with Crippen molar-refractivity contribution in [2.24, 2.45) is 11.8 Å². The molecule has 1 heterocycles. The lowest BCUT2D eigenvalue weighted by atomic mass is 9.87. The lowest BCUT2D eigenvalue weighted by Crippen LogP contribution is -2.42. The Bertz CT molecular complexity index is 622. The molecule has 2 fully saturated rings. The maximum atomic E-state index is 12.6. The number of nitrogens with zero attached hydrogens (tertiary/aromatic N) is 1. The van der Waals surface area contributed by atoms with Gasteiger partial charge >= 0.3 is 5.97 Å². The van der Waals surface area contributed by atoms with Crippen molar-refractivity contribution in [2.75, 3.05) is 0 Å². The molecule has 1 aliphatic carbocycles. The van der Waals surface area contributed by atoms with Crippen molar-refractivity contribution >= 4 is 5.97 Å². The van der Waals surface area contributed by atoms with Gasteiger partial charge in [-0.3, -0.25) is 20.2 Å². The maximum Gasteiger partial charge on any atom is 0.324 e. The van der Waals surface area contributed by atoms with Gasteiger partial charge in [0.05, 0.1) is 5.92 Å². The Morgan fingerprint density at radius 1 is 1.25 bits per heavy atom. The summed E-state index contributed by atoms with van der Waals surface area (Å²) in [5.41, 5.74) is 0.234. The van der Waals surface area contributed by atoms with Crippen LogP contribution >= 0.6 is 0 Å². The highest BCUT2D eigenvalue weighted by Crippen LogP contribution is 2.48. The van der Waals surface area contributed by atoms with Gasteiger partial charge in [-0.05, 0) is 45.1 Å². The van der Waals surface area contributed by atoms with E-state index in [1.54, 1.807) is 0 Å². The fourth-order valence-corrected chi connectivity index (χ4v) is 3.66. The molecule has 0 radical (unpaired) electrons. The summed E-state index contributed by atoms with van der Waals surface area (Å²) < 4.78 is 5.52. The van der Waals surface area contributed by atoms with Crippen molar-refractivity contribution in [1.29, 1.82) is 0 Å². The second-order valence-electron chi connectivity index (χ2n) is 7.76. The summed E-state index contributed by atoms with van der Waals surface area (Å²) in [6, 6.07) is 7.44. The molecule has 2 aliphatic rings. The zero-order chi connectivity index (χ0) is 17.5. The van der Waals surface area contributed by atoms with Crippen LogP contribution in [-0.4, -0.2) is 28.6 Å². The van der Waals surface area contributed by atoms with Crippen LogP contribution in [0.15, 0.2) is 30.3 Å². The van der Waals surface area contributed by atoms with E-state index in [2.05, 4.69) is 5.32 Å². The molecule has 6 nitrogen and oxygen atoms in total. The molecule has 1 saturated heterocycles. The number of carbonyl (C=O) groups is 1. The van der Waals surface area contributed by atoms with Crippen LogP contribution in [0.3, 0.4) is 0 Å². The fraction of sp³-hybridized carbons (Fsp3) is 0.611. The lowest BCUT2D eigenvalue weighted by molar-refractivity contribution is -0.533. The quantitative estimate of drug-likeness (QED) is 0.521. The molecule has 1 aliphatic heterocycles. The summed E-state index contributed by atoms with van der Waals surface area (Å²) in [7, 11) is 0. The number of ether oxygens (including phenoxy) is 1. The molecule has 1 aromatic carbocycles. The van der Waals surface area contributed by atoms with Crippen LogP contribution in [0.4, 0.5) is 0 Å². The minimum Gasteiger partial charge on any atom is -0.459 e.